The number of carbonyl (C=O) groups is 1. The van der Waals surface area contributed by atoms with Gasteiger partial charge >= 0.3 is 0 Å². The Hall–Kier alpha value is -2.80. The number of imidazole rings is 1. The van der Waals surface area contributed by atoms with Gasteiger partial charge in [0.05, 0.1) is 30.3 Å². The first-order chi connectivity index (χ1) is 13.0. The molecule has 0 unspecified atom stereocenters. The van der Waals surface area contributed by atoms with Gasteiger partial charge in [0, 0.05) is 32.2 Å². The van der Waals surface area contributed by atoms with Crippen LogP contribution in [0.4, 0.5) is 0 Å². The van der Waals surface area contributed by atoms with Crippen molar-refractivity contribution in [3.05, 3.63) is 47.2 Å². The third-order valence-electron chi connectivity index (χ3n) is 5.04. The van der Waals surface area contributed by atoms with Crippen LogP contribution >= 0.6 is 0 Å². The Kier molecular flexibility index (Phi) is 4.61. The molecule has 3 heterocycles. The van der Waals surface area contributed by atoms with E-state index in [0.717, 1.165) is 48.0 Å². The highest BCUT2D eigenvalue weighted by Gasteiger charge is 2.25. The van der Waals surface area contributed by atoms with Crippen LogP contribution in [0.5, 0.6) is 5.75 Å². The van der Waals surface area contributed by atoms with Crippen molar-refractivity contribution in [3.63, 3.8) is 0 Å². The zero-order valence-electron chi connectivity index (χ0n) is 15.9. The number of hydrogen-bond donors (Lipinski definition) is 1. The number of piperazine rings is 1. The normalized spacial score (nSPS) is 15.4. The number of aromatic amines is 1. The van der Waals surface area contributed by atoms with Gasteiger partial charge in [-0.3, -0.25) is 9.69 Å². The summed E-state index contributed by atoms with van der Waals surface area (Å²) in [5, 5.41) is 0. The molecule has 1 aromatic carbocycles. The van der Waals surface area contributed by atoms with Crippen LogP contribution in [-0.4, -0.2) is 59.0 Å². The highest BCUT2D eigenvalue weighted by Crippen LogP contribution is 2.20. The van der Waals surface area contributed by atoms with Gasteiger partial charge in [-0.1, -0.05) is 0 Å². The van der Waals surface area contributed by atoms with Crippen LogP contribution in [0.1, 0.15) is 27.7 Å². The maximum atomic E-state index is 12.7. The lowest BCUT2D eigenvalue weighted by atomic mass is 10.2. The van der Waals surface area contributed by atoms with Crippen molar-refractivity contribution in [1.29, 1.82) is 0 Å². The zero-order chi connectivity index (χ0) is 19.0. The van der Waals surface area contributed by atoms with Crippen LogP contribution in [0.3, 0.4) is 0 Å². The molecule has 1 N–H and O–H groups in total. The monoisotopic (exact) mass is 368 g/mol. The molecule has 1 aliphatic rings. The van der Waals surface area contributed by atoms with Crippen LogP contribution in [0, 0.1) is 13.8 Å². The van der Waals surface area contributed by atoms with E-state index in [1.807, 2.05) is 43.0 Å². The van der Waals surface area contributed by atoms with Crippen molar-refractivity contribution in [3.8, 4) is 5.75 Å². The van der Waals surface area contributed by atoms with Gasteiger partial charge in [0.2, 0.25) is 0 Å². The number of nitrogens with zero attached hydrogens (tertiary/aromatic N) is 3. The summed E-state index contributed by atoms with van der Waals surface area (Å²) in [6.07, 6.45) is 0. The molecular weight excluding hydrogens is 344 g/mol. The minimum absolute atomic E-state index is 0.0554. The second-order valence-electron chi connectivity index (χ2n) is 6.96. The molecule has 0 spiro atoms. The molecule has 1 amide bonds. The minimum Gasteiger partial charge on any atom is -0.497 e. The highest BCUT2D eigenvalue weighted by molar-refractivity contribution is 5.95. The Balaban J connectivity index is 1.38. The molecule has 1 aliphatic heterocycles. The summed E-state index contributed by atoms with van der Waals surface area (Å²) in [5.41, 5.74) is 2.58. The summed E-state index contributed by atoms with van der Waals surface area (Å²) in [5.74, 6) is 3.27. The van der Waals surface area contributed by atoms with Gasteiger partial charge in [-0.25, -0.2) is 4.98 Å². The third kappa shape index (κ3) is 3.55. The number of aromatic nitrogens is 2. The molecule has 142 valence electrons. The molecule has 0 atom stereocenters. The first kappa shape index (κ1) is 17.6. The van der Waals surface area contributed by atoms with E-state index >= 15 is 0 Å². The lowest BCUT2D eigenvalue weighted by Gasteiger charge is -2.34. The fourth-order valence-electron chi connectivity index (χ4n) is 3.58. The summed E-state index contributed by atoms with van der Waals surface area (Å²) >= 11 is 0. The summed E-state index contributed by atoms with van der Waals surface area (Å²) in [6, 6.07) is 7.65. The van der Waals surface area contributed by atoms with E-state index in [4.69, 9.17) is 9.15 Å². The molecule has 2 aromatic heterocycles. The van der Waals surface area contributed by atoms with Crippen LogP contribution in [0.15, 0.2) is 28.7 Å². The van der Waals surface area contributed by atoms with Crippen molar-refractivity contribution in [2.24, 2.45) is 0 Å². The average Bonchev–Trinajstić information content (AvgIpc) is 3.22. The Bertz CT molecular complexity index is 967. The van der Waals surface area contributed by atoms with Crippen LogP contribution in [-0.2, 0) is 6.54 Å². The van der Waals surface area contributed by atoms with E-state index in [0.29, 0.717) is 24.4 Å². The quantitative estimate of drug-likeness (QED) is 0.766. The van der Waals surface area contributed by atoms with Crippen LogP contribution < -0.4 is 4.74 Å². The number of H-pyrrole nitrogens is 1. The number of nitrogens with one attached hydrogen (secondary N) is 1. The van der Waals surface area contributed by atoms with E-state index in [1.54, 1.807) is 7.11 Å². The van der Waals surface area contributed by atoms with Crippen LogP contribution in [0.2, 0.25) is 0 Å². The first-order valence-corrected chi connectivity index (χ1v) is 9.15. The van der Waals surface area contributed by atoms with Crippen LogP contribution in [0.25, 0.3) is 11.0 Å². The lowest BCUT2D eigenvalue weighted by molar-refractivity contribution is 0.0624. The number of fused-ring (bicyclic) bond motifs is 1. The number of hydrogen-bond acceptors (Lipinski definition) is 5. The second-order valence-corrected chi connectivity index (χ2v) is 6.96. The number of furan rings is 1. The molecule has 0 saturated carbocycles. The third-order valence-corrected chi connectivity index (χ3v) is 5.04. The van der Waals surface area contributed by atoms with Gasteiger partial charge in [0.15, 0.2) is 0 Å². The molecule has 0 radical (unpaired) electrons. The number of amides is 1. The summed E-state index contributed by atoms with van der Waals surface area (Å²) < 4.78 is 10.8. The van der Waals surface area contributed by atoms with Gasteiger partial charge in [0.25, 0.3) is 5.91 Å². The number of ether oxygens (including phenoxy) is 1. The standard InChI is InChI=1S/C20H24N4O3/c1-13-10-16(14(2)27-13)20(25)24-8-6-23(7-9-24)12-19-21-17-5-4-15(26-3)11-18(17)22-19/h4-5,10-11H,6-9,12H2,1-3H3,(H,21,22). The minimum atomic E-state index is 0.0554. The van der Waals surface area contributed by atoms with Crippen molar-refractivity contribution in [2.45, 2.75) is 20.4 Å². The van der Waals surface area contributed by atoms with Gasteiger partial charge in [-0.05, 0) is 32.0 Å². The number of methoxy groups -OCH3 is 1. The molecule has 7 nitrogen and oxygen atoms in total. The van der Waals surface area contributed by atoms with Crippen molar-refractivity contribution in [2.75, 3.05) is 33.3 Å². The van der Waals surface area contributed by atoms with Gasteiger partial charge in [-0.2, -0.15) is 0 Å². The van der Waals surface area contributed by atoms with E-state index < -0.39 is 0 Å². The first-order valence-electron chi connectivity index (χ1n) is 9.15. The smallest absolute Gasteiger partial charge is 0.257 e. The van der Waals surface area contributed by atoms with Crippen molar-refractivity contribution < 1.29 is 13.9 Å². The molecule has 0 aliphatic carbocycles. The van der Waals surface area contributed by atoms with Crippen molar-refractivity contribution in [1.82, 2.24) is 19.8 Å². The second kappa shape index (κ2) is 7.08. The summed E-state index contributed by atoms with van der Waals surface area (Å²) in [6.45, 7) is 7.50. The molecule has 0 bridgehead atoms. The molecule has 1 saturated heterocycles. The van der Waals surface area contributed by atoms with Gasteiger partial charge < -0.3 is 19.0 Å². The largest absolute Gasteiger partial charge is 0.497 e. The maximum absolute atomic E-state index is 12.7. The average molecular weight is 368 g/mol. The molecule has 3 aromatic rings. The zero-order valence-corrected chi connectivity index (χ0v) is 15.9. The van der Waals surface area contributed by atoms with Gasteiger partial charge in [0.1, 0.15) is 23.1 Å². The lowest BCUT2D eigenvalue weighted by Crippen LogP contribution is -2.48. The molecule has 4 rings (SSSR count). The SMILES string of the molecule is COc1ccc2nc(CN3CCN(C(=O)c4cc(C)oc4C)CC3)[nH]c2c1. The van der Waals surface area contributed by atoms with E-state index in [-0.39, 0.29) is 5.91 Å². The molecule has 1 fully saturated rings. The Morgan fingerprint density at radius 2 is 2.00 bits per heavy atom. The number of aryl methyl sites for hydroxylation is 2. The molecular formula is C20H24N4O3. The fourth-order valence-corrected chi connectivity index (χ4v) is 3.58. The maximum Gasteiger partial charge on any atom is 0.257 e. The number of carbonyl (C=O) groups excluding carboxylic acids is 1. The topological polar surface area (TPSA) is 74.6 Å². The Morgan fingerprint density at radius 1 is 1.22 bits per heavy atom. The Morgan fingerprint density at radius 3 is 2.67 bits per heavy atom. The highest BCUT2D eigenvalue weighted by atomic mass is 16.5. The predicted molar refractivity (Wildman–Crippen MR) is 102 cm³/mol. The molecule has 27 heavy (non-hydrogen) atoms. The fraction of sp³-hybridized carbons (Fsp3) is 0.400. The van der Waals surface area contributed by atoms with E-state index in [2.05, 4.69) is 14.9 Å². The summed E-state index contributed by atoms with van der Waals surface area (Å²) in [7, 11) is 1.66. The van der Waals surface area contributed by atoms with Crippen molar-refractivity contribution >= 4 is 16.9 Å². The Labute approximate surface area is 157 Å². The molecule has 7 heteroatoms. The van der Waals surface area contributed by atoms with E-state index in [9.17, 15) is 4.79 Å². The van der Waals surface area contributed by atoms with Gasteiger partial charge in [-0.15, -0.1) is 0 Å². The van der Waals surface area contributed by atoms with E-state index in [1.165, 1.54) is 0 Å². The number of rotatable bonds is 4. The predicted octanol–water partition coefficient (Wildman–Crippen LogP) is 2.74. The number of benzene rings is 1. The summed E-state index contributed by atoms with van der Waals surface area (Å²) in [4.78, 5) is 24.9.